The minimum Gasteiger partial charge on any atom is -0.497 e. The summed E-state index contributed by atoms with van der Waals surface area (Å²) in [5, 5.41) is 42.0. The number of rotatable bonds is 28. The molecule has 7 aliphatic rings. The van der Waals surface area contributed by atoms with E-state index in [-0.39, 0.29) is 66.6 Å². The van der Waals surface area contributed by atoms with Gasteiger partial charge in [-0.2, -0.15) is 5.26 Å². The van der Waals surface area contributed by atoms with Crippen LogP contribution in [0, 0.1) is 46.8 Å². The van der Waals surface area contributed by atoms with Crippen molar-refractivity contribution in [2.45, 2.75) is 158 Å². The highest BCUT2D eigenvalue weighted by Gasteiger charge is 2.37. The van der Waals surface area contributed by atoms with Gasteiger partial charge in [-0.3, -0.25) is 47.9 Å². The molecule has 546 valence electrons. The third-order valence-electron chi connectivity index (χ3n) is 19.4. The van der Waals surface area contributed by atoms with Gasteiger partial charge in [-0.05, 0) is 173 Å². The molecule has 102 heavy (non-hydrogen) atoms. The zero-order valence-electron chi connectivity index (χ0n) is 57.8. The number of primary amides is 2. The lowest BCUT2D eigenvalue weighted by Gasteiger charge is -2.27. The zero-order chi connectivity index (χ0) is 73.1. The highest BCUT2D eigenvalue weighted by Crippen LogP contribution is 2.36. The van der Waals surface area contributed by atoms with E-state index in [1.54, 1.807) is 51.7 Å². The number of hydrogen-bond donors (Lipinski definition) is 14. The molecule has 2 aromatic heterocycles. The lowest BCUT2D eigenvalue weighted by atomic mass is 9.91. The molecule has 0 unspecified atom stereocenters. The first-order chi connectivity index (χ1) is 49.0. The Morgan fingerprint density at radius 1 is 0.520 bits per heavy atom. The third kappa shape index (κ3) is 22.0. The van der Waals surface area contributed by atoms with Crippen molar-refractivity contribution >= 4 is 92.9 Å². The lowest BCUT2D eigenvalue weighted by molar-refractivity contribution is -0.133. The molecule has 5 heterocycles. The summed E-state index contributed by atoms with van der Waals surface area (Å²) < 4.78 is 15.5. The van der Waals surface area contributed by atoms with Crippen LogP contribution in [-0.4, -0.2) is 157 Å². The van der Waals surface area contributed by atoms with Gasteiger partial charge >= 0.3 is 5.97 Å². The number of aromatic amines is 2. The summed E-state index contributed by atoms with van der Waals surface area (Å²) in [5.41, 5.74) is 21.4. The molecule has 4 aliphatic carbocycles. The van der Waals surface area contributed by atoms with Crippen LogP contribution in [0.15, 0.2) is 72.3 Å². The number of carboxylic acids is 1. The number of amides is 10. The number of benzene rings is 3. The van der Waals surface area contributed by atoms with Crippen molar-refractivity contribution in [3.05, 3.63) is 94.8 Å². The molecule has 5 aromatic rings. The predicted octanol–water partition coefficient (Wildman–Crippen LogP) is 3.68. The monoisotopic (exact) mass is 1410 g/mol. The standard InChI is InChI=1S/C24H31N5O5.C24H29N5O4.C14H24N4O3.C11H10O3/c1-34-16-6-7-17-15(10-16)12-20(27-17)24(33)29-19(9-13-4-5-13)23(32)28-18(21(25)30)11-14-3-2-8-26-22(14)31;1-33-18-6-7-19-16(11-18)12-21(28-19)24(32)29-20(9-14-4-5-14)23(31)27-17(13-25)10-15-3-2-8-26-22(15)30;15-10(6-8-3-4-8)14(21)18-11(12(16)19)7-9-2-1-5-17-13(9)20;1-14-10-3-2-7-4-9(11(12)13)5-8(7)6-10/h6-7,10,12-14,18-19,27H,2-5,8-9,11H2,1H3,(H2,25,30)(H,26,31)(H,28,32)(H,29,33);6-7,11-12,14-15,17,20,28H,2-5,8-10H2,1H3,(H,26,30)(H,27,31)(H,29,32);8-11H,1-7,15H2,(H2,16,19)(H,17,20)(H,18,21);2-3,5-6H,4H2,1H3,(H,12,13)/t14-,18-,19-;15-,17-,20-;9-,10-,11-;/m000./s1. The average molecular weight is 1410 g/mol. The van der Waals surface area contributed by atoms with Crippen molar-refractivity contribution in [1.82, 2.24) is 52.5 Å². The SMILES string of the molecule is COc1ccc2[nH]c(C(=O)N[C@@H](CC3CC3)C(=O)N[C@@H](C[C@@H]3CCCNC3=O)C(N)=O)cc2c1.COc1ccc2[nH]c(C(=O)N[C@@H](CC3CC3)C(=O)N[C@H](C#N)C[C@@H]3CCCNC3=O)cc2c1.COc1ccc2c(c1)C=C(C(=O)O)C2.NC(=O)[C@H](C[C@@H]1CCCNC1=O)NC(=O)[C@@H](N)CC1CC1. The van der Waals surface area contributed by atoms with E-state index in [1.807, 2.05) is 42.5 Å². The summed E-state index contributed by atoms with van der Waals surface area (Å²) in [6, 6.07) is 17.2. The molecule has 9 atom stereocenters. The van der Waals surface area contributed by atoms with Crippen LogP contribution in [-0.2, 0) is 49.6 Å². The van der Waals surface area contributed by atoms with E-state index in [9.17, 15) is 58.0 Å². The summed E-state index contributed by atoms with van der Waals surface area (Å²) in [4.78, 5) is 140. The van der Waals surface area contributed by atoms with E-state index in [2.05, 4.69) is 58.6 Å². The van der Waals surface area contributed by atoms with Gasteiger partial charge in [-0.15, -0.1) is 0 Å². The lowest BCUT2D eigenvalue weighted by Crippen LogP contribution is -2.54. The number of piperidine rings is 3. The number of aliphatic carboxylic acids is 1. The predicted molar refractivity (Wildman–Crippen MR) is 375 cm³/mol. The summed E-state index contributed by atoms with van der Waals surface area (Å²) in [6.07, 6.45) is 15.3. The number of nitrogens with one attached hydrogen (secondary N) is 10. The maximum Gasteiger partial charge on any atom is 0.331 e. The molecule has 10 amide bonds. The second-order valence-corrected chi connectivity index (χ2v) is 27.4. The molecule has 3 saturated heterocycles. The first kappa shape index (κ1) is 75.7. The summed E-state index contributed by atoms with van der Waals surface area (Å²) in [7, 11) is 4.75. The molecule has 6 fully saturated rings. The van der Waals surface area contributed by atoms with Gasteiger partial charge in [0.15, 0.2) is 0 Å². The number of aromatic nitrogens is 2. The van der Waals surface area contributed by atoms with Crippen molar-refractivity contribution in [2.75, 3.05) is 41.0 Å². The van der Waals surface area contributed by atoms with Crippen LogP contribution in [0.25, 0.3) is 27.9 Å². The van der Waals surface area contributed by atoms with E-state index in [1.165, 1.54) is 0 Å². The van der Waals surface area contributed by atoms with Gasteiger partial charge in [-0.1, -0.05) is 44.6 Å². The van der Waals surface area contributed by atoms with Crippen LogP contribution in [0.4, 0.5) is 0 Å². The van der Waals surface area contributed by atoms with Crippen LogP contribution in [0.5, 0.6) is 17.2 Å². The number of methoxy groups -OCH3 is 3. The quantitative estimate of drug-likeness (QED) is 0.0340. The van der Waals surface area contributed by atoms with E-state index >= 15 is 0 Å². The highest BCUT2D eigenvalue weighted by molar-refractivity contribution is 6.02. The summed E-state index contributed by atoms with van der Waals surface area (Å²) in [5.74, 6) is -2.06. The number of hydrogen-bond acceptors (Lipinski definition) is 16. The molecule has 3 aliphatic heterocycles. The van der Waals surface area contributed by atoms with Crippen LogP contribution in [0.3, 0.4) is 0 Å². The molecule has 0 bridgehead atoms. The maximum atomic E-state index is 13.1. The van der Waals surface area contributed by atoms with Gasteiger partial charge < -0.3 is 89.0 Å². The number of H-pyrrole nitrogens is 2. The summed E-state index contributed by atoms with van der Waals surface area (Å²) >= 11 is 0. The Bertz CT molecular complexity index is 3980. The smallest absolute Gasteiger partial charge is 0.331 e. The Labute approximate surface area is 590 Å². The first-order valence-corrected chi connectivity index (χ1v) is 35.0. The third-order valence-corrected chi connectivity index (χ3v) is 19.4. The zero-order valence-corrected chi connectivity index (χ0v) is 57.8. The summed E-state index contributed by atoms with van der Waals surface area (Å²) in [6.45, 7) is 1.92. The largest absolute Gasteiger partial charge is 0.497 e. The molecule has 29 heteroatoms. The molecule has 12 rings (SSSR count). The van der Waals surface area contributed by atoms with Crippen molar-refractivity contribution in [3.8, 4) is 23.3 Å². The second-order valence-electron chi connectivity index (χ2n) is 27.4. The fraction of sp³-hybridized carbons (Fsp3) is 0.507. The second kappa shape index (κ2) is 35.7. The van der Waals surface area contributed by atoms with E-state index in [0.29, 0.717) is 111 Å². The van der Waals surface area contributed by atoms with E-state index < -0.39 is 71.8 Å². The molecule has 29 nitrogen and oxygen atoms in total. The fourth-order valence-corrected chi connectivity index (χ4v) is 12.9. The van der Waals surface area contributed by atoms with Crippen molar-refractivity contribution in [2.24, 2.45) is 52.7 Å². The van der Waals surface area contributed by atoms with Crippen molar-refractivity contribution in [1.29, 1.82) is 5.26 Å². The number of fused-ring (bicyclic) bond motifs is 3. The van der Waals surface area contributed by atoms with Crippen molar-refractivity contribution < 1.29 is 72.1 Å². The van der Waals surface area contributed by atoms with Gasteiger partial charge in [0.2, 0.25) is 47.3 Å². The van der Waals surface area contributed by atoms with E-state index in [0.717, 1.165) is 96.5 Å². The molecule has 3 aromatic carbocycles. The molecule has 0 spiro atoms. The normalized spacial score (nSPS) is 19.9. The Balaban J connectivity index is 0.000000166. The van der Waals surface area contributed by atoms with Gasteiger partial charge in [0.1, 0.15) is 58.8 Å². The number of nitrogens with two attached hydrogens (primary N) is 3. The molecule has 0 radical (unpaired) electrons. The van der Waals surface area contributed by atoms with Gasteiger partial charge in [0.05, 0.1) is 33.4 Å². The fourth-order valence-electron chi connectivity index (χ4n) is 12.9. The first-order valence-electron chi connectivity index (χ1n) is 35.0. The number of carbonyl (C=O) groups is 11. The van der Waals surface area contributed by atoms with Gasteiger partial charge in [0.25, 0.3) is 11.8 Å². The van der Waals surface area contributed by atoms with Gasteiger partial charge in [-0.25, -0.2) is 4.79 Å². The molecule has 3 saturated carbocycles. The van der Waals surface area contributed by atoms with Gasteiger partial charge in [0, 0.05) is 71.2 Å². The maximum absolute atomic E-state index is 13.1. The Morgan fingerprint density at radius 3 is 1.34 bits per heavy atom. The Hall–Kier alpha value is -10.5. The Kier molecular flexibility index (Phi) is 26.5. The number of nitrogens with zero attached hydrogens (tertiary/aromatic N) is 1. The minimum absolute atomic E-state index is 0.0750. The van der Waals surface area contributed by atoms with Crippen LogP contribution >= 0.6 is 0 Å². The van der Waals surface area contributed by atoms with Crippen LogP contribution in [0.2, 0.25) is 0 Å². The van der Waals surface area contributed by atoms with Crippen LogP contribution in [0.1, 0.15) is 148 Å². The van der Waals surface area contributed by atoms with Crippen molar-refractivity contribution in [3.63, 3.8) is 0 Å². The number of nitriles is 1. The topological polar surface area (TPSA) is 465 Å². The highest BCUT2D eigenvalue weighted by atomic mass is 16.5. The molecular weight excluding hydrogens is 1310 g/mol. The molecular formula is C73H94N14O15. The Morgan fingerprint density at radius 2 is 0.931 bits per heavy atom. The number of carboxylic acid groups (broad SMARTS) is 1. The van der Waals surface area contributed by atoms with E-state index in [4.69, 9.17) is 36.5 Å². The molecule has 17 N–H and O–H groups in total. The van der Waals surface area contributed by atoms with Crippen LogP contribution < -0.4 is 73.9 Å². The number of ether oxygens (including phenoxy) is 3. The minimum atomic E-state index is -0.986. The average Bonchev–Trinajstić information content (AvgIpc) is 1.68. The number of carbonyl (C=O) groups excluding carboxylic acids is 10.